The van der Waals surface area contributed by atoms with Crippen LogP contribution in [0.2, 0.25) is 0 Å². The monoisotopic (exact) mass is 489 g/mol. The zero-order chi connectivity index (χ0) is 25.1. The first-order valence-corrected chi connectivity index (χ1v) is 11.6. The molecular weight excluding hydrogens is 464 g/mol. The average Bonchev–Trinajstić information content (AvgIpc) is 3.33. The van der Waals surface area contributed by atoms with Crippen molar-refractivity contribution in [2.45, 2.75) is 6.54 Å². The van der Waals surface area contributed by atoms with Gasteiger partial charge in [0.2, 0.25) is 5.91 Å². The molecule has 0 unspecified atom stereocenters. The molecule has 3 heterocycles. The van der Waals surface area contributed by atoms with Crippen molar-refractivity contribution in [2.75, 3.05) is 38.2 Å². The lowest BCUT2D eigenvalue weighted by atomic mass is 10.2. The normalized spacial score (nSPS) is 13.6. The molecule has 0 N–H and O–H groups in total. The number of imidazole rings is 1. The van der Waals surface area contributed by atoms with Crippen LogP contribution in [-0.4, -0.2) is 58.6 Å². The zero-order valence-corrected chi connectivity index (χ0v) is 19.8. The minimum Gasteiger partial charge on any atom is -0.497 e. The van der Waals surface area contributed by atoms with Gasteiger partial charge in [-0.05, 0) is 54.6 Å². The number of methoxy groups -OCH3 is 1. The van der Waals surface area contributed by atoms with E-state index >= 15 is 0 Å². The molecule has 1 aliphatic rings. The number of hydrogen-bond acceptors (Lipinski definition) is 5. The predicted octanol–water partition coefficient (Wildman–Crippen LogP) is 4.25. The minimum absolute atomic E-state index is 0.0420. The third kappa shape index (κ3) is 5.05. The highest BCUT2D eigenvalue weighted by Gasteiger charge is 2.24. The summed E-state index contributed by atoms with van der Waals surface area (Å²) in [5.41, 5.74) is 2.02. The number of carbonyl (C=O) groups is 1. The van der Waals surface area contributed by atoms with Gasteiger partial charge in [0.05, 0.1) is 12.8 Å². The molecule has 0 bridgehead atoms. The molecule has 2 aromatic heterocycles. The van der Waals surface area contributed by atoms with Crippen molar-refractivity contribution in [1.82, 2.24) is 19.4 Å². The van der Waals surface area contributed by atoms with Crippen LogP contribution in [0.25, 0.3) is 22.6 Å². The van der Waals surface area contributed by atoms with Crippen LogP contribution in [0.15, 0.2) is 73.1 Å². The maximum atomic E-state index is 13.5. The molecule has 0 atom stereocenters. The fraction of sp³-hybridized carbons (Fsp3) is 0.222. The molecule has 1 amide bonds. The topological polar surface area (TPSA) is 63.5 Å². The largest absolute Gasteiger partial charge is 0.497 e. The first kappa shape index (κ1) is 23.5. The second-order valence-corrected chi connectivity index (χ2v) is 8.51. The summed E-state index contributed by atoms with van der Waals surface area (Å²) < 4.78 is 34.0. The minimum atomic E-state index is -0.352. The zero-order valence-electron chi connectivity index (χ0n) is 19.8. The van der Waals surface area contributed by atoms with Gasteiger partial charge in [-0.1, -0.05) is 0 Å². The number of halogens is 2. The van der Waals surface area contributed by atoms with Crippen molar-refractivity contribution < 1.29 is 18.3 Å². The molecule has 0 spiro atoms. The van der Waals surface area contributed by atoms with Crippen LogP contribution in [0.1, 0.15) is 0 Å². The third-order valence-electron chi connectivity index (χ3n) is 6.23. The van der Waals surface area contributed by atoms with Crippen LogP contribution in [0, 0.1) is 11.6 Å². The Kier molecular flexibility index (Phi) is 6.62. The lowest BCUT2D eigenvalue weighted by Crippen LogP contribution is -2.49. The number of ether oxygens (including phenoxy) is 1. The summed E-state index contributed by atoms with van der Waals surface area (Å²) in [4.78, 5) is 26.3. The standard InChI is InChI=1S/C27H25F2N5O2/c1-36-23-10-11-30-25(16-23)32-12-14-33(15-13-32)26(35)18-34-17-24(19-2-6-21(28)7-3-19)31-27(34)20-4-8-22(29)9-5-20/h2-11,16-17H,12-15,18H2,1H3. The van der Waals surface area contributed by atoms with Crippen LogP contribution >= 0.6 is 0 Å². The van der Waals surface area contributed by atoms with E-state index in [1.807, 2.05) is 11.0 Å². The molecule has 0 aliphatic carbocycles. The molecule has 9 heteroatoms. The van der Waals surface area contributed by atoms with E-state index in [1.165, 1.54) is 24.3 Å². The highest BCUT2D eigenvalue weighted by molar-refractivity contribution is 5.78. The maximum absolute atomic E-state index is 13.5. The van der Waals surface area contributed by atoms with E-state index in [0.717, 1.165) is 17.1 Å². The molecule has 36 heavy (non-hydrogen) atoms. The molecule has 5 rings (SSSR count). The number of amides is 1. The summed E-state index contributed by atoms with van der Waals surface area (Å²) in [7, 11) is 1.62. The van der Waals surface area contributed by atoms with Gasteiger partial charge in [-0.25, -0.2) is 18.7 Å². The molecule has 0 saturated carbocycles. The summed E-state index contributed by atoms with van der Waals surface area (Å²) in [6.07, 6.45) is 3.49. The first-order valence-electron chi connectivity index (χ1n) is 11.6. The van der Waals surface area contributed by atoms with Crippen molar-refractivity contribution in [3.8, 4) is 28.4 Å². The van der Waals surface area contributed by atoms with Crippen molar-refractivity contribution in [3.05, 3.63) is 84.7 Å². The van der Waals surface area contributed by atoms with Crippen LogP contribution in [-0.2, 0) is 11.3 Å². The van der Waals surface area contributed by atoms with E-state index in [-0.39, 0.29) is 24.1 Å². The molecule has 1 fully saturated rings. The number of carbonyl (C=O) groups excluding carboxylic acids is 1. The Hall–Kier alpha value is -4.27. The second kappa shape index (κ2) is 10.2. The first-order chi connectivity index (χ1) is 17.5. The van der Waals surface area contributed by atoms with E-state index in [0.29, 0.717) is 43.3 Å². The van der Waals surface area contributed by atoms with Gasteiger partial charge in [0.15, 0.2) is 0 Å². The number of rotatable bonds is 6. The van der Waals surface area contributed by atoms with Crippen molar-refractivity contribution in [1.29, 1.82) is 0 Å². The number of aromatic nitrogens is 3. The Morgan fingerprint density at radius 3 is 2.19 bits per heavy atom. The fourth-order valence-corrected chi connectivity index (χ4v) is 4.26. The molecule has 4 aromatic rings. The van der Waals surface area contributed by atoms with Gasteiger partial charge in [-0.3, -0.25) is 4.79 Å². The number of anilines is 1. The molecule has 0 radical (unpaired) electrons. The summed E-state index contributed by atoms with van der Waals surface area (Å²) in [6, 6.07) is 15.7. The van der Waals surface area contributed by atoms with E-state index in [9.17, 15) is 13.6 Å². The van der Waals surface area contributed by atoms with E-state index in [1.54, 1.807) is 54.4 Å². The fourth-order valence-electron chi connectivity index (χ4n) is 4.26. The quantitative estimate of drug-likeness (QED) is 0.405. The van der Waals surface area contributed by atoms with E-state index in [2.05, 4.69) is 9.88 Å². The number of hydrogen-bond donors (Lipinski definition) is 0. The molecule has 7 nitrogen and oxygen atoms in total. The molecule has 2 aromatic carbocycles. The molecule has 1 saturated heterocycles. The van der Waals surface area contributed by atoms with Crippen LogP contribution < -0.4 is 9.64 Å². The van der Waals surface area contributed by atoms with E-state index < -0.39 is 0 Å². The SMILES string of the molecule is COc1ccnc(N2CCN(C(=O)Cn3cc(-c4ccc(F)cc4)nc3-c3ccc(F)cc3)CC2)c1. The van der Waals surface area contributed by atoms with Gasteiger partial charge >= 0.3 is 0 Å². The molecule has 1 aliphatic heterocycles. The van der Waals surface area contributed by atoms with Crippen LogP contribution in [0.3, 0.4) is 0 Å². The smallest absolute Gasteiger partial charge is 0.242 e. The highest BCUT2D eigenvalue weighted by Crippen LogP contribution is 2.26. The Morgan fingerprint density at radius 2 is 1.56 bits per heavy atom. The van der Waals surface area contributed by atoms with Gasteiger partial charge in [0.1, 0.15) is 35.6 Å². The third-order valence-corrected chi connectivity index (χ3v) is 6.23. The van der Waals surface area contributed by atoms with Crippen molar-refractivity contribution >= 4 is 11.7 Å². The Balaban J connectivity index is 1.34. The summed E-state index contributed by atoms with van der Waals surface area (Å²) >= 11 is 0. The van der Waals surface area contributed by atoms with Gasteiger partial charge in [0, 0.05) is 55.8 Å². The molecule has 184 valence electrons. The predicted molar refractivity (Wildman–Crippen MR) is 133 cm³/mol. The number of benzene rings is 2. The van der Waals surface area contributed by atoms with Crippen molar-refractivity contribution in [2.24, 2.45) is 0 Å². The summed E-state index contributed by atoms with van der Waals surface area (Å²) in [5.74, 6) is 1.37. The average molecular weight is 490 g/mol. The van der Waals surface area contributed by atoms with E-state index in [4.69, 9.17) is 9.72 Å². The van der Waals surface area contributed by atoms with Crippen LogP contribution in [0.4, 0.5) is 14.6 Å². The summed E-state index contributed by atoms with van der Waals surface area (Å²) in [5, 5.41) is 0. The van der Waals surface area contributed by atoms with Gasteiger partial charge in [-0.2, -0.15) is 0 Å². The number of piperazine rings is 1. The van der Waals surface area contributed by atoms with Crippen LogP contribution in [0.5, 0.6) is 5.75 Å². The number of pyridine rings is 1. The van der Waals surface area contributed by atoms with Gasteiger partial charge < -0.3 is 19.1 Å². The Bertz CT molecular complexity index is 1350. The Morgan fingerprint density at radius 1 is 0.917 bits per heavy atom. The Labute approximate surface area is 207 Å². The van der Waals surface area contributed by atoms with Gasteiger partial charge in [0.25, 0.3) is 0 Å². The number of nitrogens with zero attached hydrogens (tertiary/aromatic N) is 5. The maximum Gasteiger partial charge on any atom is 0.242 e. The van der Waals surface area contributed by atoms with Gasteiger partial charge in [-0.15, -0.1) is 0 Å². The summed E-state index contributed by atoms with van der Waals surface area (Å²) in [6.45, 7) is 2.51. The lowest BCUT2D eigenvalue weighted by molar-refractivity contribution is -0.132. The lowest BCUT2D eigenvalue weighted by Gasteiger charge is -2.35. The van der Waals surface area contributed by atoms with Crippen molar-refractivity contribution in [3.63, 3.8) is 0 Å². The highest BCUT2D eigenvalue weighted by atomic mass is 19.1. The molecular formula is C27H25F2N5O2. The second-order valence-electron chi connectivity index (χ2n) is 8.51.